The van der Waals surface area contributed by atoms with Crippen molar-refractivity contribution in [3.8, 4) is 11.4 Å². The first kappa shape index (κ1) is 12.9. The van der Waals surface area contributed by atoms with Crippen molar-refractivity contribution >= 4 is 27.6 Å². The molecule has 0 unspecified atom stereocenters. The molecule has 1 aromatic heterocycles. The van der Waals surface area contributed by atoms with Crippen molar-refractivity contribution in [1.29, 1.82) is 0 Å². The molecule has 0 amide bonds. The Balaban J connectivity index is 2.53. The quantitative estimate of drug-likeness (QED) is 0.852. The number of nitrogens with zero attached hydrogens (tertiary/aromatic N) is 3. The zero-order valence-corrected chi connectivity index (χ0v) is 12.0. The molecule has 0 spiro atoms. The van der Waals surface area contributed by atoms with Crippen molar-refractivity contribution in [2.45, 2.75) is 20.4 Å². The van der Waals surface area contributed by atoms with Crippen LogP contribution in [-0.2, 0) is 6.54 Å². The summed E-state index contributed by atoms with van der Waals surface area (Å²) in [5.41, 5.74) is 7.65. The summed E-state index contributed by atoms with van der Waals surface area (Å²) in [5, 5.41) is 11.6. The molecular formula is C12H16BrN5. The van der Waals surface area contributed by atoms with E-state index < -0.39 is 0 Å². The highest BCUT2D eigenvalue weighted by molar-refractivity contribution is 9.10. The fourth-order valence-electron chi connectivity index (χ4n) is 1.82. The lowest BCUT2D eigenvalue weighted by Gasteiger charge is -2.10. The van der Waals surface area contributed by atoms with Crippen molar-refractivity contribution in [1.82, 2.24) is 14.8 Å². The molecule has 0 radical (unpaired) electrons. The maximum Gasteiger partial charge on any atom is 0.224 e. The fourth-order valence-corrected chi connectivity index (χ4v) is 2.19. The number of nitrogen functional groups attached to an aromatic ring is 1. The number of hydrogen-bond acceptors (Lipinski definition) is 4. The number of anilines is 2. The van der Waals surface area contributed by atoms with E-state index in [1.807, 2.05) is 29.7 Å². The maximum atomic E-state index is 6.07. The molecular weight excluding hydrogens is 294 g/mol. The molecule has 0 atom stereocenters. The van der Waals surface area contributed by atoms with E-state index in [2.05, 4.69) is 38.4 Å². The van der Waals surface area contributed by atoms with Gasteiger partial charge in [-0.15, -0.1) is 10.2 Å². The molecule has 0 aliphatic heterocycles. The van der Waals surface area contributed by atoms with Gasteiger partial charge in [0.05, 0.1) is 5.69 Å². The molecule has 3 N–H and O–H groups in total. The van der Waals surface area contributed by atoms with Crippen LogP contribution in [0, 0.1) is 0 Å². The predicted molar refractivity (Wildman–Crippen MR) is 77.4 cm³/mol. The summed E-state index contributed by atoms with van der Waals surface area (Å²) in [5.74, 6) is 1.56. The Hall–Kier alpha value is -1.56. The fraction of sp³-hybridized carbons (Fsp3) is 0.333. The molecule has 0 saturated heterocycles. The normalized spacial score (nSPS) is 10.6. The van der Waals surface area contributed by atoms with E-state index in [9.17, 15) is 0 Å². The van der Waals surface area contributed by atoms with Crippen LogP contribution in [0.15, 0.2) is 22.7 Å². The van der Waals surface area contributed by atoms with Gasteiger partial charge >= 0.3 is 0 Å². The molecule has 6 heteroatoms. The molecule has 0 aliphatic rings. The van der Waals surface area contributed by atoms with Crippen molar-refractivity contribution in [2.24, 2.45) is 0 Å². The zero-order valence-electron chi connectivity index (χ0n) is 10.4. The summed E-state index contributed by atoms with van der Waals surface area (Å²) < 4.78 is 2.89. The smallest absolute Gasteiger partial charge is 0.224 e. The van der Waals surface area contributed by atoms with Gasteiger partial charge in [-0.2, -0.15) is 0 Å². The Bertz CT molecular complexity index is 549. The minimum atomic E-state index is 0.683. The number of benzene rings is 1. The standard InChI is InChI=1S/C12H16BrN5/c1-3-15-12-17-16-11(18(12)4-2)8-6-5-7-9(13)10(8)14/h5-7H,3-4,14H2,1-2H3,(H,15,17). The Labute approximate surface area is 115 Å². The van der Waals surface area contributed by atoms with Gasteiger partial charge in [0.25, 0.3) is 0 Å². The van der Waals surface area contributed by atoms with E-state index in [-0.39, 0.29) is 0 Å². The molecule has 5 nitrogen and oxygen atoms in total. The first-order valence-corrected chi connectivity index (χ1v) is 6.69. The highest BCUT2D eigenvalue weighted by atomic mass is 79.9. The number of aromatic nitrogens is 3. The van der Waals surface area contributed by atoms with Gasteiger partial charge in [0.15, 0.2) is 5.82 Å². The zero-order chi connectivity index (χ0) is 13.1. The van der Waals surface area contributed by atoms with Gasteiger partial charge in [-0.05, 0) is 41.9 Å². The summed E-state index contributed by atoms with van der Waals surface area (Å²) in [6.45, 7) is 5.69. The van der Waals surface area contributed by atoms with Crippen LogP contribution in [0.3, 0.4) is 0 Å². The Morgan fingerprint density at radius 2 is 2.11 bits per heavy atom. The van der Waals surface area contributed by atoms with E-state index >= 15 is 0 Å². The average Bonchev–Trinajstić information content (AvgIpc) is 2.76. The molecule has 1 aromatic carbocycles. The largest absolute Gasteiger partial charge is 0.397 e. The second-order valence-electron chi connectivity index (χ2n) is 3.82. The van der Waals surface area contributed by atoms with Crippen LogP contribution in [0.5, 0.6) is 0 Å². The van der Waals surface area contributed by atoms with Crippen molar-refractivity contribution < 1.29 is 0 Å². The average molecular weight is 310 g/mol. The van der Waals surface area contributed by atoms with Crippen LogP contribution >= 0.6 is 15.9 Å². The summed E-state index contributed by atoms with van der Waals surface area (Å²) >= 11 is 3.43. The highest BCUT2D eigenvalue weighted by Gasteiger charge is 2.15. The maximum absolute atomic E-state index is 6.07. The Kier molecular flexibility index (Phi) is 3.86. The van der Waals surface area contributed by atoms with Gasteiger partial charge in [0.2, 0.25) is 5.95 Å². The predicted octanol–water partition coefficient (Wildman–Crippen LogP) is 2.74. The molecule has 2 rings (SSSR count). The van der Waals surface area contributed by atoms with Crippen LogP contribution in [-0.4, -0.2) is 21.3 Å². The monoisotopic (exact) mass is 309 g/mol. The number of rotatable bonds is 4. The number of hydrogen-bond donors (Lipinski definition) is 2. The Morgan fingerprint density at radius 3 is 2.78 bits per heavy atom. The second kappa shape index (κ2) is 5.39. The van der Waals surface area contributed by atoms with Gasteiger partial charge < -0.3 is 11.1 Å². The summed E-state index contributed by atoms with van der Waals surface area (Å²) in [6, 6.07) is 5.81. The van der Waals surface area contributed by atoms with E-state index in [4.69, 9.17) is 5.73 Å². The van der Waals surface area contributed by atoms with Gasteiger partial charge in [-0.25, -0.2) is 0 Å². The first-order valence-electron chi connectivity index (χ1n) is 5.90. The van der Waals surface area contributed by atoms with Crippen molar-refractivity contribution in [2.75, 3.05) is 17.6 Å². The molecule has 0 saturated carbocycles. The lowest BCUT2D eigenvalue weighted by molar-refractivity contribution is 0.770. The molecule has 0 fully saturated rings. The lowest BCUT2D eigenvalue weighted by Crippen LogP contribution is -2.07. The van der Waals surface area contributed by atoms with Crippen LogP contribution in [0.2, 0.25) is 0 Å². The van der Waals surface area contributed by atoms with Gasteiger partial charge in [-0.1, -0.05) is 6.07 Å². The van der Waals surface area contributed by atoms with Crippen LogP contribution in [0.1, 0.15) is 13.8 Å². The van der Waals surface area contributed by atoms with Gasteiger partial charge in [0, 0.05) is 23.1 Å². The minimum Gasteiger partial charge on any atom is -0.397 e. The van der Waals surface area contributed by atoms with Crippen LogP contribution in [0.25, 0.3) is 11.4 Å². The second-order valence-corrected chi connectivity index (χ2v) is 4.68. The third-order valence-corrected chi connectivity index (χ3v) is 3.39. The third kappa shape index (κ3) is 2.20. The molecule has 0 aliphatic carbocycles. The summed E-state index contributed by atoms with van der Waals surface area (Å²) in [4.78, 5) is 0. The third-order valence-electron chi connectivity index (χ3n) is 2.70. The van der Waals surface area contributed by atoms with Crippen LogP contribution < -0.4 is 11.1 Å². The molecule has 2 aromatic rings. The summed E-state index contributed by atoms with van der Waals surface area (Å²) in [6.07, 6.45) is 0. The van der Waals surface area contributed by atoms with Crippen molar-refractivity contribution in [3.63, 3.8) is 0 Å². The van der Waals surface area contributed by atoms with Crippen molar-refractivity contribution in [3.05, 3.63) is 22.7 Å². The molecule has 0 bridgehead atoms. The lowest BCUT2D eigenvalue weighted by atomic mass is 10.1. The number of nitrogens with two attached hydrogens (primary N) is 1. The Morgan fingerprint density at radius 1 is 1.33 bits per heavy atom. The number of nitrogens with one attached hydrogen (secondary N) is 1. The number of halogens is 1. The van der Waals surface area contributed by atoms with E-state index in [0.717, 1.165) is 34.9 Å². The first-order chi connectivity index (χ1) is 8.69. The molecule has 1 heterocycles. The highest BCUT2D eigenvalue weighted by Crippen LogP contribution is 2.31. The number of para-hydroxylation sites is 1. The van der Waals surface area contributed by atoms with Crippen LogP contribution in [0.4, 0.5) is 11.6 Å². The van der Waals surface area contributed by atoms with E-state index in [0.29, 0.717) is 5.69 Å². The molecule has 18 heavy (non-hydrogen) atoms. The topological polar surface area (TPSA) is 68.8 Å². The molecule has 96 valence electrons. The van der Waals surface area contributed by atoms with Gasteiger partial charge in [-0.3, -0.25) is 4.57 Å². The van der Waals surface area contributed by atoms with E-state index in [1.165, 1.54) is 0 Å². The van der Waals surface area contributed by atoms with E-state index in [1.54, 1.807) is 0 Å². The SMILES string of the molecule is CCNc1nnc(-c2cccc(Br)c2N)n1CC. The van der Waals surface area contributed by atoms with Gasteiger partial charge in [0.1, 0.15) is 0 Å². The minimum absolute atomic E-state index is 0.683. The summed E-state index contributed by atoms with van der Waals surface area (Å²) in [7, 11) is 0.